The third-order valence-corrected chi connectivity index (χ3v) is 8.65. The average Bonchev–Trinajstić information content (AvgIpc) is 3.04. The molecule has 0 unspecified atom stereocenters. The first-order valence-electron chi connectivity index (χ1n) is 8.91. The van der Waals surface area contributed by atoms with E-state index in [2.05, 4.69) is 15.9 Å². The number of piperazine rings is 1. The number of amides is 1. The van der Waals surface area contributed by atoms with Gasteiger partial charge in [0.25, 0.3) is 5.91 Å². The average molecular weight is 479 g/mol. The van der Waals surface area contributed by atoms with Crippen LogP contribution in [0.25, 0.3) is 10.1 Å². The van der Waals surface area contributed by atoms with Crippen LogP contribution in [0.5, 0.6) is 0 Å². The lowest BCUT2D eigenvalue weighted by molar-refractivity contribution is 0.0702. The molecule has 146 valence electrons. The van der Waals surface area contributed by atoms with Gasteiger partial charge in [0, 0.05) is 35.4 Å². The summed E-state index contributed by atoms with van der Waals surface area (Å²) in [6.45, 7) is 3.34. The van der Waals surface area contributed by atoms with Crippen LogP contribution in [0, 0.1) is 6.92 Å². The number of nitrogens with zero attached hydrogens (tertiary/aromatic N) is 2. The fraction of sp³-hybridized carbons (Fsp3) is 0.250. The number of benzene rings is 2. The molecule has 3 aromatic rings. The molecule has 0 atom stereocenters. The molecule has 8 heteroatoms. The predicted octanol–water partition coefficient (Wildman–Crippen LogP) is 4.12. The van der Waals surface area contributed by atoms with Crippen LogP contribution in [-0.4, -0.2) is 49.7 Å². The van der Waals surface area contributed by atoms with Crippen molar-refractivity contribution in [3.63, 3.8) is 0 Å². The number of carbonyl (C=O) groups is 1. The Hall–Kier alpha value is -1.74. The summed E-state index contributed by atoms with van der Waals surface area (Å²) in [6, 6.07) is 14.7. The first-order chi connectivity index (χ1) is 13.4. The Kier molecular flexibility index (Phi) is 5.30. The van der Waals surface area contributed by atoms with Gasteiger partial charge in [-0.15, -0.1) is 11.3 Å². The fourth-order valence-electron chi connectivity index (χ4n) is 3.43. The van der Waals surface area contributed by atoms with E-state index in [1.165, 1.54) is 15.6 Å². The minimum atomic E-state index is -3.56. The molecule has 4 rings (SSSR count). The maximum atomic E-state index is 13.0. The fourth-order valence-corrected chi connectivity index (χ4v) is 6.63. The minimum Gasteiger partial charge on any atom is -0.335 e. The van der Waals surface area contributed by atoms with Gasteiger partial charge in [0.05, 0.1) is 9.77 Å². The Bertz CT molecular complexity index is 1150. The topological polar surface area (TPSA) is 57.7 Å². The molecule has 0 bridgehead atoms. The summed E-state index contributed by atoms with van der Waals surface area (Å²) in [7, 11) is -3.56. The van der Waals surface area contributed by atoms with E-state index in [0.717, 1.165) is 25.0 Å². The van der Waals surface area contributed by atoms with Crippen LogP contribution in [0.1, 0.15) is 15.2 Å². The van der Waals surface area contributed by atoms with E-state index in [-0.39, 0.29) is 10.8 Å². The molecule has 0 saturated carbocycles. The van der Waals surface area contributed by atoms with Gasteiger partial charge >= 0.3 is 0 Å². The van der Waals surface area contributed by atoms with Gasteiger partial charge in [-0.05, 0) is 42.1 Å². The Morgan fingerprint density at radius 2 is 1.75 bits per heavy atom. The number of halogens is 1. The smallest absolute Gasteiger partial charge is 0.264 e. The molecule has 0 spiro atoms. The highest BCUT2D eigenvalue weighted by Crippen LogP contribution is 2.32. The Morgan fingerprint density at radius 3 is 2.43 bits per heavy atom. The highest BCUT2D eigenvalue weighted by atomic mass is 79.9. The molecule has 5 nitrogen and oxygen atoms in total. The predicted molar refractivity (Wildman–Crippen MR) is 115 cm³/mol. The van der Waals surface area contributed by atoms with Crippen LogP contribution in [-0.2, 0) is 10.0 Å². The maximum absolute atomic E-state index is 13.0. The van der Waals surface area contributed by atoms with Crippen LogP contribution >= 0.6 is 27.3 Å². The Morgan fingerprint density at radius 1 is 1.04 bits per heavy atom. The molecule has 1 fully saturated rings. The number of carbonyl (C=O) groups excluding carboxylic acids is 1. The molecule has 1 aromatic heterocycles. The monoisotopic (exact) mass is 478 g/mol. The lowest BCUT2D eigenvalue weighted by Gasteiger charge is -2.34. The number of aryl methyl sites for hydroxylation is 1. The summed E-state index contributed by atoms with van der Waals surface area (Å²) in [5.41, 5.74) is 0.995. The van der Waals surface area contributed by atoms with Crippen molar-refractivity contribution in [2.24, 2.45) is 0 Å². The van der Waals surface area contributed by atoms with E-state index in [4.69, 9.17) is 0 Å². The van der Waals surface area contributed by atoms with Crippen molar-refractivity contribution in [1.29, 1.82) is 0 Å². The molecule has 2 heterocycles. The van der Waals surface area contributed by atoms with Gasteiger partial charge in [0.1, 0.15) is 0 Å². The molecule has 0 radical (unpaired) electrons. The van der Waals surface area contributed by atoms with E-state index in [9.17, 15) is 13.2 Å². The number of fused-ring (bicyclic) bond motifs is 1. The lowest BCUT2D eigenvalue weighted by Crippen LogP contribution is -2.50. The molecule has 1 saturated heterocycles. The largest absolute Gasteiger partial charge is 0.335 e. The van der Waals surface area contributed by atoms with Crippen molar-refractivity contribution < 1.29 is 13.2 Å². The van der Waals surface area contributed by atoms with Gasteiger partial charge in [-0.25, -0.2) is 8.42 Å². The van der Waals surface area contributed by atoms with E-state index in [1.54, 1.807) is 29.2 Å². The van der Waals surface area contributed by atoms with Gasteiger partial charge in [0.15, 0.2) is 0 Å². The molecular formula is C20H19BrN2O3S2. The summed E-state index contributed by atoms with van der Waals surface area (Å²) in [5.74, 6) is -0.0156. The zero-order valence-corrected chi connectivity index (χ0v) is 18.5. The summed E-state index contributed by atoms with van der Waals surface area (Å²) in [5, 5.41) is 1.10. The second-order valence-corrected chi connectivity index (χ2v) is 10.6. The third-order valence-electron chi connectivity index (χ3n) is 5.00. The molecular weight excluding hydrogens is 460 g/mol. The quantitative estimate of drug-likeness (QED) is 0.568. The summed E-state index contributed by atoms with van der Waals surface area (Å²) >= 11 is 4.82. The van der Waals surface area contributed by atoms with Crippen LogP contribution in [0.15, 0.2) is 57.9 Å². The van der Waals surface area contributed by atoms with Gasteiger partial charge in [-0.1, -0.05) is 40.2 Å². The zero-order valence-electron chi connectivity index (χ0n) is 15.3. The standard InChI is InChI=1S/C20H19BrN2O3S2/c1-14-17-7-2-3-8-18(17)27-19(14)20(24)22-9-11-23(12-10-22)28(25,26)16-6-4-5-15(21)13-16/h2-8,13H,9-12H2,1H3. The van der Waals surface area contributed by atoms with Crippen molar-refractivity contribution >= 4 is 53.3 Å². The van der Waals surface area contributed by atoms with E-state index in [0.29, 0.717) is 26.2 Å². The molecule has 0 aliphatic carbocycles. The van der Waals surface area contributed by atoms with Crippen molar-refractivity contribution in [3.05, 3.63) is 63.4 Å². The Labute approximate surface area is 176 Å². The zero-order chi connectivity index (χ0) is 19.9. The van der Waals surface area contributed by atoms with Gasteiger partial charge in [-0.2, -0.15) is 4.31 Å². The number of rotatable bonds is 3. The molecule has 1 aliphatic heterocycles. The molecule has 1 amide bonds. The highest BCUT2D eigenvalue weighted by Gasteiger charge is 2.31. The van der Waals surface area contributed by atoms with Gasteiger partial charge in [0.2, 0.25) is 10.0 Å². The van der Waals surface area contributed by atoms with Crippen molar-refractivity contribution in [1.82, 2.24) is 9.21 Å². The summed E-state index contributed by atoms with van der Waals surface area (Å²) in [4.78, 5) is 15.8. The van der Waals surface area contributed by atoms with E-state index < -0.39 is 10.0 Å². The maximum Gasteiger partial charge on any atom is 0.264 e. The first kappa shape index (κ1) is 19.6. The van der Waals surface area contributed by atoms with Crippen LogP contribution < -0.4 is 0 Å². The van der Waals surface area contributed by atoms with Gasteiger partial charge in [-0.3, -0.25) is 4.79 Å². The first-order valence-corrected chi connectivity index (χ1v) is 12.0. The molecule has 0 N–H and O–H groups in total. The van der Waals surface area contributed by atoms with Gasteiger partial charge < -0.3 is 4.90 Å². The number of thiophene rings is 1. The van der Waals surface area contributed by atoms with Crippen LogP contribution in [0.2, 0.25) is 0 Å². The molecule has 1 aliphatic rings. The molecule has 2 aromatic carbocycles. The van der Waals surface area contributed by atoms with Crippen molar-refractivity contribution in [3.8, 4) is 0 Å². The SMILES string of the molecule is Cc1c(C(=O)N2CCN(S(=O)(=O)c3cccc(Br)c3)CC2)sc2ccccc12. The van der Waals surface area contributed by atoms with E-state index in [1.807, 2.05) is 31.2 Å². The van der Waals surface area contributed by atoms with Crippen molar-refractivity contribution in [2.75, 3.05) is 26.2 Å². The normalized spacial score (nSPS) is 15.9. The van der Waals surface area contributed by atoms with E-state index >= 15 is 0 Å². The summed E-state index contributed by atoms with van der Waals surface area (Å²) in [6.07, 6.45) is 0. The summed E-state index contributed by atoms with van der Waals surface area (Å²) < 4.78 is 29.0. The number of hydrogen-bond acceptors (Lipinski definition) is 4. The lowest BCUT2D eigenvalue weighted by atomic mass is 10.1. The number of hydrogen-bond donors (Lipinski definition) is 0. The third kappa shape index (κ3) is 3.50. The second-order valence-electron chi connectivity index (χ2n) is 6.71. The van der Waals surface area contributed by atoms with Crippen LogP contribution in [0.4, 0.5) is 0 Å². The number of sulfonamides is 1. The second kappa shape index (κ2) is 7.59. The highest BCUT2D eigenvalue weighted by molar-refractivity contribution is 9.10. The Balaban J connectivity index is 1.50. The molecule has 28 heavy (non-hydrogen) atoms. The van der Waals surface area contributed by atoms with Crippen LogP contribution in [0.3, 0.4) is 0 Å². The van der Waals surface area contributed by atoms with Crippen molar-refractivity contribution in [2.45, 2.75) is 11.8 Å². The minimum absolute atomic E-state index is 0.0156.